The van der Waals surface area contributed by atoms with Crippen LogP contribution < -0.4 is 4.74 Å². The van der Waals surface area contributed by atoms with Crippen molar-refractivity contribution in [3.8, 4) is 16.9 Å². The summed E-state index contributed by atoms with van der Waals surface area (Å²) in [6.07, 6.45) is 5.04. The first kappa shape index (κ1) is 26.2. The van der Waals surface area contributed by atoms with Gasteiger partial charge in [-0.05, 0) is 104 Å². The third kappa shape index (κ3) is 5.28. The number of rotatable bonds is 5. The monoisotopic (exact) mass is 526 g/mol. The van der Waals surface area contributed by atoms with Gasteiger partial charge in [0.2, 0.25) is 0 Å². The molecule has 0 saturated carbocycles. The molecule has 1 aliphatic heterocycles. The fourth-order valence-electron chi connectivity index (χ4n) is 5.50. The lowest BCUT2D eigenvalue weighted by molar-refractivity contribution is 0.0697. The van der Waals surface area contributed by atoms with Gasteiger partial charge < -0.3 is 15.0 Å². The predicted molar refractivity (Wildman–Crippen MR) is 156 cm³/mol. The van der Waals surface area contributed by atoms with Gasteiger partial charge in [0.25, 0.3) is 5.91 Å². The first-order valence-electron chi connectivity index (χ1n) is 13.5. The summed E-state index contributed by atoms with van der Waals surface area (Å²) in [5.41, 5.74) is 7.61. The van der Waals surface area contributed by atoms with Crippen molar-refractivity contribution in [1.82, 2.24) is 4.90 Å². The Bertz CT molecular complexity index is 1420. The Labute approximate surface area is 230 Å². The molecule has 5 rings (SSSR count). The highest BCUT2D eigenvalue weighted by molar-refractivity contribution is 6.33. The van der Waals surface area contributed by atoms with E-state index in [1.807, 2.05) is 54.3 Å². The molecule has 4 nitrogen and oxygen atoms in total. The second kappa shape index (κ2) is 10.8. The summed E-state index contributed by atoms with van der Waals surface area (Å²) in [6.45, 7) is 9.87. The lowest BCUT2D eigenvalue weighted by Crippen LogP contribution is -2.37. The number of ether oxygens (including phenoxy) is 1. The average molecular weight is 527 g/mol. The smallest absolute Gasteiger partial charge is 0.253 e. The largest absolute Gasteiger partial charge is 0.461 e. The summed E-state index contributed by atoms with van der Waals surface area (Å²) in [7, 11) is 0. The number of nitrogens with zero attached hydrogens (tertiary/aromatic N) is 1. The van der Waals surface area contributed by atoms with Gasteiger partial charge in [0.05, 0.1) is 0 Å². The van der Waals surface area contributed by atoms with Crippen LogP contribution in [-0.4, -0.2) is 29.6 Å². The topological polar surface area (TPSA) is 53.4 Å². The number of allylic oxidation sites excluding steroid dienone is 2. The van der Waals surface area contributed by atoms with Crippen LogP contribution in [0.3, 0.4) is 0 Å². The Hall–Kier alpha value is -3.37. The predicted octanol–water partition coefficient (Wildman–Crippen LogP) is 8.20. The van der Waals surface area contributed by atoms with Crippen LogP contribution in [0.1, 0.15) is 72.1 Å². The van der Waals surface area contributed by atoms with E-state index < -0.39 is 0 Å². The quantitative estimate of drug-likeness (QED) is 0.340. The zero-order valence-corrected chi connectivity index (χ0v) is 23.4. The number of amides is 1. The van der Waals surface area contributed by atoms with E-state index >= 15 is 0 Å². The van der Waals surface area contributed by atoms with Gasteiger partial charge in [-0.25, -0.2) is 0 Å². The number of nitrogens with one attached hydrogen (secondary N) is 1. The summed E-state index contributed by atoms with van der Waals surface area (Å²) in [5, 5.41) is 8.72. The number of hydrogen-bond acceptors (Lipinski definition) is 3. The van der Waals surface area contributed by atoms with Gasteiger partial charge >= 0.3 is 0 Å². The van der Waals surface area contributed by atoms with E-state index in [1.54, 1.807) is 6.92 Å². The molecule has 196 valence electrons. The van der Waals surface area contributed by atoms with Crippen LogP contribution in [0.5, 0.6) is 5.75 Å². The molecule has 1 atom stereocenters. The summed E-state index contributed by atoms with van der Waals surface area (Å²) >= 11 is 6.82. The van der Waals surface area contributed by atoms with Crippen molar-refractivity contribution in [3.05, 3.63) is 99.3 Å². The van der Waals surface area contributed by atoms with Crippen LogP contribution in [0.25, 0.3) is 11.1 Å². The standard InChI is InChI=1S/C33H35ClN2O2/c1-20-13-15-36(16-14-20)33(37)25-8-6-24(7-9-25)30-17-26-10-12-32(22(3)29(26)19-31(30)34)38-27-11-5-21(2)28(18-27)23(4)35/h5-9,11-12,17-20,22,35H,10,13-16H2,1-4H3. The van der Waals surface area contributed by atoms with Gasteiger partial charge in [0, 0.05) is 46.4 Å². The molecule has 0 radical (unpaired) electrons. The maximum absolute atomic E-state index is 13.0. The third-order valence-corrected chi connectivity index (χ3v) is 8.32. The van der Waals surface area contributed by atoms with E-state index in [1.165, 1.54) is 5.56 Å². The van der Waals surface area contributed by atoms with Crippen LogP contribution in [0.4, 0.5) is 0 Å². The molecule has 1 saturated heterocycles. The molecule has 3 aromatic carbocycles. The molecule has 1 N–H and O–H groups in total. The minimum atomic E-state index is 0.0587. The number of carbonyl (C=O) groups excluding carboxylic acids is 1. The van der Waals surface area contributed by atoms with Crippen molar-refractivity contribution in [2.45, 2.75) is 52.9 Å². The Balaban J connectivity index is 1.34. The third-order valence-electron chi connectivity index (χ3n) is 8.01. The minimum Gasteiger partial charge on any atom is -0.461 e. The second-order valence-corrected chi connectivity index (χ2v) is 11.2. The van der Waals surface area contributed by atoms with Crippen molar-refractivity contribution < 1.29 is 9.53 Å². The van der Waals surface area contributed by atoms with Crippen molar-refractivity contribution in [1.29, 1.82) is 5.41 Å². The van der Waals surface area contributed by atoms with Gasteiger partial charge in [-0.2, -0.15) is 0 Å². The van der Waals surface area contributed by atoms with Crippen molar-refractivity contribution in [2.75, 3.05) is 13.1 Å². The molecule has 5 heteroatoms. The normalized spacial score (nSPS) is 17.6. The van der Waals surface area contributed by atoms with Crippen LogP contribution in [0.2, 0.25) is 5.02 Å². The van der Waals surface area contributed by atoms with E-state index in [0.29, 0.717) is 16.7 Å². The molecule has 1 unspecified atom stereocenters. The number of carbonyl (C=O) groups is 1. The molecule has 1 heterocycles. The molecule has 1 aliphatic carbocycles. The summed E-state index contributed by atoms with van der Waals surface area (Å²) in [6, 6.07) is 18.0. The minimum absolute atomic E-state index is 0.0587. The van der Waals surface area contributed by atoms with Crippen LogP contribution in [-0.2, 0) is 6.42 Å². The second-order valence-electron chi connectivity index (χ2n) is 10.8. The Kier molecular flexibility index (Phi) is 7.45. The Morgan fingerprint density at radius 2 is 1.74 bits per heavy atom. The maximum Gasteiger partial charge on any atom is 0.253 e. The number of likely N-dealkylation sites (tertiary alicyclic amines) is 1. The Morgan fingerprint density at radius 1 is 1.03 bits per heavy atom. The van der Waals surface area contributed by atoms with Crippen molar-refractivity contribution in [2.24, 2.45) is 5.92 Å². The lowest BCUT2D eigenvalue weighted by atomic mass is 9.85. The number of benzene rings is 3. The van der Waals surface area contributed by atoms with Gasteiger partial charge in [0.15, 0.2) is 0 Å². The molecule has 38 heavy (non-hydrogen) atoms. The van der Waals surface area contributed by atoms with Gasteiger partial charge in [-0.15, -0.1) is 0 Å². The van der Waals surface area contributed by atoms with Gasteiger partial charge in [-0.3, -0.25) is 4.79 Å². The molecule has 0 bridgehead atoms. The van der Waals surface area contributed by atoms with E-state index in [0.717, 1.165) is 77.2 Å². The fourth-order valence-corrected chi connectivity index (χ4v) is 5.78. The van der Waals surface area contributed by atoms with Crippen LogP contribution in [0.15, 0.2) is 66.4 Å². The zero-order valence-electron chi connectivity index (χ0n) is 22.6. The van der Waals surface area contributed by atoms with E-state index in [-0.39, 0.29) is 11.8 Å². The van der Waals surface area contributed by atoms with Crippen LogP contribution >= 0.6 is 11.6 Å². The summed E-state index contributed by atoms with van der Waals surface area (Å²) in [4.78, 5) is 14.9. The first-order chi connectivity index (χ1) is 18.2. The van der Waals surface area contributed by atoms with E-state index in [2.05, 4.69) is 32.1 Å². The molecule has 0 spiro atoms. The van der Waals surface area contributed by atoms with Crippen molar-refractivity contribution >= 4 is 23.2 Å². The fraction of sp³-hybridized carbons (Fsp3) is 0.333. The number of aryl methyl sites for hydroxylation is 1. The molecular formula is C33H35ClN2O2. The van der Waals surface area contributed by atoms with Crippen molar-refractivity contribution in [3.63, 3.8) is 0 Å². The highest BCUT2D eigenvalue weighted by atomic mass is 35.5. The number of halogens is 1. The highest BCUT2D eigenvalue weighted by Gasteiger charge is 2.24. The molecule has 0 aromatic heterocycles. The average Bonchev–Trinajstić information content (AvgIpc) is 2.91. The van der Waals surface area contributed by atoms with Crippen LogP contribution in [0, 0.1) is 18.3 Å². The Morgan fingerprint density at radius 3 is 2.42 bits per heavy atom. The SMILES string of the molecule is CC(=N)c1cc(OC2=CCc3cc(-c4ccc(C(=O)N5CCC(C)CC5)cc4)c(Cl)cc3C2C)ccc1C. The molecule has 1 fully saturated rings. The lowest BCUT2D eigenvalue weighted by Gasteiger charge is -2.30. The number of piperidine rings is 1. The number of hydrogen-bond donors (Lipinski definition) is 1. The molecule has 2 aliphatic rings. The van der Waals surface area contributed by atoms with E-state index in [9.17, 15) is 4.79 Å². The molecule has 3 aromatic rings. The summed E-state index contributed by atoms with van der Waals surface area (Å²) < 4.78 is 6.30. The maximum atomic E-state index is 13.0. The highest BCUT2D eigenvalue weighted by Crippen LogP contribution is 2.39. The zero-order chi connectivity index (χ0) is 27.0. The van der Waals surface area contributed by atoms with Gasteiger partial charge in [-0.1, -0.05) is 43.6 Å². The van der Waals surface area contributed by atoms with Gasteiger partial charge in [0.1, 0.15) is 11.5 Å². The molecule has 1 amide bonds. The molecular weight excluding hydrogens is 492 g/mol. The van der Waals surface area contributed by atoms with E-state index in [4.69, 9.17) is 21.7 Å². The number of fused-ring (bicyclic) bond motifs is 1. The summed E-state index contributed by atoms with van der Waals surface area (Å²) in [5.74, 6) is 2.51. The first-order valence-corrected chi connectivity index (χ1v) is 13.8.